The second-order valence-electron chi connectivity index (χ2n) is 8.06. The van der Waals surface area contributed by atoms with E-state index in [2.05, 4.69) is 29.8 Å². The molecule has 0 bridgehead atoms. The van der Waals surface area contributed by atoms with Crippen LogP contribution in [0.15, 0.2) is 66.0 Å². The molecule has 1 fully saturated rings. The highest BCUT2D eigenvalue weighted by molar-refractivity contribution is 6.05. The molecule has 2 aliphatic heterocycles. The van der Waals surface area contributed by atoms with E-state index in [1.807, 2.05) is 42.5 Å². The molecule has 1 atom stereocenters. The molecule has 0 aliphatic carbocycles. The number of fused-ring (bicyclic) bond motifs is 1. The summed E-state index contributed by atoms with van der Waals surface area (Å²) in [4.78, 5) is 17.8. The van der Waals surface area contributed by atoms with Crippen LogP contribution < -0.4 is 9.64 Å². The normalized spacial score (nSPS) is 20.8. The van der Waals surface area contributed by atoms with Crippen molar-refractivity contribution in [1.29, 1.82) is 0 Å². The fourth-order valence-electron chi connectivity index (χ4n) is 4.55. The van der Waals surface area contributed by atoms with Crippen molar-refractivity contribution in [2.24, 2.45) is 5.10 Å². The van der Waals surface area contributed by atoms with E-state index in [9.17, 15) is 0 Å². The average molecular weight is 420 g/mol. The lowest BCUT2D eigenvalue weighted by Gasteiger charge is -2.45. The van der Waals surface area contributed by atoms with Gasteiger partial charge in [0.05, 0.1) is 18.2 Å². The minimum absolute atomic E-state index is 0.473. The number of hydrogen-bond acceptors (Lipinski definition) is 5. The molecule has 1 aromatic heterocycles. The van der Waals surface area contributed by atoms with Crippen molar-refractivity contribution in [3.05, 3.63) is 89.4 Å². The number of anilines is 1. The maximum atomic E-state index is 7.36. The van der Waals surface area contributed by atoms with Crippen LogP contribution in [-0.2, 0) is 0 Å². The second kappa shape index (κ2) is 8.13. The van der Waals surface area contributed by atoms with Crippen molar-refractivity contribution >= 4 is 17.3 Å². The summed E-state index contributed by atoms with van der Waals surface area (Å²) in [5, 5.41) is 4.17. The molecular formula is C25H20N6O. The molecule has 5 rings (SSSR count). The summed E-state index contributed by atoms with van der Waals surface area (Å²) in [6, 6.07) is 15.3. The van der Waals surface area contributed by atoms with Crippen molar-refractivity contribution in [1.82, 2.24) is 9.97 Å². The summed E-state index contributed by atoms with van der Waals surface area (Å²) in [5.41, 5.74) is 3.62. The maximum Gasteiger partial charge on any atom is 0.225 e. The van der Waals surface area contributed by atoms with E-state index in [0.717, 1.165) is 47.5 Å². The van der Waals surface area contributed by atoms with Crippen molar-refractivity contribution in [2.45, 2.75) is 24.9 Å². The number of ether oxygens (including phenoxy) is 1. The van der Waals surface area contributed by atoms with Gasteiger partial charge in [0.2, 0.25) is 5.95 Å². The van der Waals surface area contributed by atoms with Gasteiger partial charge < -0.3 is 9.64 Å². The number of rotatable bonds is 2. The monoisotopic (exact) mass is 420 g/mol. The molecular weight excluding hydrogens is 400 g/mol. The van der Waals surface area contributed by atoms with Crippen LogP contribution in [0.4, 0.5) is 11.6 Å². The van der Waals surface area contributed by atoms with Gasteiger partial charge in [-0.1, -0.05) is 24.3 Å². The Hall–Kier alpha value is -4.23. The van der Waals surface area contributed by atoms with Gasteiger partial charge in [0.25, 0.3) is 0 Å². The van der Waals surface area contributed by atoms with Gasteiger partial charge in [0.15, 0.2) is 5.69 Å². The van der Waals surface area contributed by atoms with E-state index in [4.69, 9.17) is 17.9 Å². The zero-order valence-corrected chi connectivity index (χ0v) is 17.4. The van der Waals surface area contributed by atoms with Crippen LogP contribution in [0.2, 0.25) is 0 Å². The van der Waals surface area contributed by atoms with Crippen LogP contribution in [0, 0.1) is 13.1 Å². The molecule has 3 aromatic rings. The van der Waals surface area contributed by atoms with Crippen LogP contribution in [0.25, 0.3) is 20.9 Å². The lowest BCUT2D eigenvalue weighted by Crippen LogP contribution is -2.55. The smallest absolute Gasteiger partial charge is 0.225 e. The summed E-state index contributed by atoms with van der Waals surface area (Å²) in [7, 11) is 0. The lowest BCUT2D eigenvalue weighted by molar-refractivity contribution is 0.0541. The van der Waals surface area contributed by atoms with E-state index in [1.165, 1.54) is 0 Å². The Kier molecular flexibility index (Phi) is 5.01. The Morgan fingerprint density at radius 2 is 1.88 bits per heavy atom. The summed E-state index contributed by atoms with van der Waals surface area (Å²) >= 11 is 0. The third kappa shape index (κ3) is 3.66. The van der Waals surface area contributed by atoms with Crippen molar-refractivity contribution in [3.8, 4) is 16.9 Å². The highest BCUT2D eigenvalue weighted by Crippen LogP contribution is 2.41. The summed E-state index contributed by atoms with van der Waals surface area (Å²) in [6.45, 7) is 16.1. The van der Waals surface area contributed by atoms with E-state index in [-0.39, 0.29) is 0 Å². The van der Waals surface area contributed by atoms with Crippen LogP contribution >= 0.6 is 0 Å². The molecule has 7 heteroatoms. The Labute approximate surface area is 186 Å². The van der Waals surface area contributed by atoms with Gasteiger partial charge in [-0.25, -0.2) is 14.8 Å². The van der Waals surface area contributed by atoms with Crippen LogP contribution in [0.1, 0.15) is 24.8 Å². The third-order valence-electron chi connectivity index (χ3n) is 5.96. The molecule has 7 nitrogen and oxygen atoms in total. The van der Waals surface area contributed by atoms with E-state index >= 15 is 0 Å². The molecule has 1 saturated heterocycles. The maximum absolute atomic E-state index is 7.36. The SMILES string of the molecule is [C-]#[N+]/N=C1/CC2(CCCN(c3ncccn3)C2)Oc2ccc(-c3cccc([N+]#[C-])c3)cc21. The van der Waals surface area contributed by atoms with E-state index in [0.29, 0.717) is 24.6 Å². The first kappa shape index (κ1) is 19.7. The first-order chi connectivity index (χ1) is 15.7. The summed E-state index contributed by atoms with van der Waals surface area (Å²) in [5.74, 6) is 1.43. The number of nitrogens with zero attached hydrogens (tertiary/aromatic N) is 6. The third-order valence-corrected chi connectivity index (χ3v) is 5.96. The molecule has 3 heterocycles. The van der Waals surface area contributed by atoms with Crippen LogP contribution in [0.3, 0.4) is 0 Å². The fourth-order valence-corrected chi connectivity index (χ4v) is 4.55. The van der Waals surface area contributed by atoms with Crippen molar-refractivity contribution < 1.29 is 4.74 Å². The lowest BCUT2D eigenvalue weighted by atomic mass is 9.82. The van der Waals surface area contributed by atoms with Crippen LogP contribution in [0.5, 0.6) is 5.75 Å². The molecule has 1 unspecified atom stereocenters. The fraction of sp³-hybridized carbons (Fsp3) is 0.240. The average Bonchev–Trinajstić information content (AvgIpc) is 2.84. The highest BCUT2D eigenvalue weighted by Gasteiger charge is 2.44. The largest absolute Gasteiger partial charge is 0.484 e. The summed E-state index contributed by atoms with van der Waals surface area (Å²) < 4.78 is 6.60. The highest BCUT2D eigenvalue weighted by atomic mass is 16.5. The molecule has 1 spiro atoms. The number of hydrogen-bond donors (Lipinski definition) is 0. The number of aromatic nitrogens is 2. The van der Waals surface area contributed by atoms with Crippen molar-refractivity contribution in [3.63, 3.8) is 0 Å². The Balaban J connectivity index is 1.51. The van der Waals surface area contributed by atoms with Crippen LogP contribution in [-0.4, -0.2) is 34.4 Å². The standard InChI is InChI=1S/C25H20N6O/c1-26-20-7-3-6-18(14-20)19-8-9-23-21(15-19)22(30-27-2)16-25(32-23)10-4-13-31(17-25)24-28-11-5-12-29-24/h3,5-9,11-12,14-15H,4,10,13,16-17H2/b30-22-. The Morgan fingerprint density at radius 3 is 2.69 bits per heavy atom. The van der Waals surface area contributed by atoms with Gasteiger partial charge in [0, 0.05) is 30.9 Å². The first-order valence-corrected chi connectivity index (χ1v) is 10.5. The zero-order chi connectivity index (χ0) is 22.0. The molecule has 0 N–H and O–H groups in total. The zero-order valence-electron chi connectivity index (χ0n) is 17.4. The predicted octanol–water partition coefficient (Wildman–Crippen LogP) is 5.14. The quantitative estimate of drug-likeness (QED) is 0.426. The molecule has 2 aliphatic rings. The Morgan fingerprint density at radius 1 is 1.03 bits per heavy atom. The van der Waals surface area contributed by atoms with Gasteiger partial charge in [-0.2, -0.15) is 6.57 Å². The van der Waals surface area contributed by atoms with E-state index < -0.39 is 5.60 Å². The number of benzene rings is 2. The molecule has 0 saturated carbocycles. The van der Waals surface area contributed by atoms with Gasteiger partial charge in [-0.05, 0) is 48.2 Å². The van der Waals surface area contributed by atoms with Gasteiger partial charge >= 0.3 is 0 Å². The minimum atomic E-state index is -0.473. The first-order valence-electron chi connectivity index (χ1n) is 10.5. The molecule has 156 valence electrons. The van der Waals surface area contributed by atoms with Gasteiger partial charge in [0.1, 0.15) is 17.1 Å². The molecule has 2 aromatic carbocycles. The Bertz CT molecular complexity index is 1270. The topological polar surface area (TPSA) is 59.3 Å². The van der Waals surface area contributed by atoms with Gasteiger partial charge in [-0.15, -0.1) is 4.95 Å². The molecule has 0 amide bonds. The molecule has 0 radical (unpaired) electrons. The van der Waals surface area contributed by atoms with E-state index in [1.54, 1.807) is 18.5 Å². The van der Waals surface area contributed by atoms with Gasteiger partial charge in [-0.3, -0.25) is 0 Å². The summed E-state index contributed by atoms with van der Waals surface area (Å²) in [6.07, 6.45) is 5.87. The minimum Gasteiger partial charge on any atom is -0.484 e. The molecule has 32 heavy (non-hydrogen) atoms. The second-order valence-corrected chi connectivity index (χ2v) is 8.06. The number of piperidine rings is 1. The van der Waals surface area contributed by atoms with Crippen molar-refractivity contribution in [2.75, 3.05) is 18.0 Å². The predicted molar refractivity (Wildman–Crippen MR) is 123 cm³/mol.